The molecule has 2 nitrogen and oxygen atoms in total. The van der Waals surface area contributed by atoms with E-state index >= 15 is 0 Å². The maximum absolute atomic E-state index is 13.0. The number of benzene rings is 1. The molecule has 0 aliphatic rings. The molecule has 0 fully saturated rings. The summed E-state index contributed by atoms with van der Waals surface area (Å²) in [4.78, 5) is 0. The third-order valence-electron chi connectivity index (χ3n) is 1.65. The molecule has 0 amide bonds. The maximum atomic E-state index is 13.0. The molecular weight excluding hydrogens is 157 g/mol. The van der Waals surface area contributed by atoms with E-state index < -0.39 is 5.82 Å². The van der Waals surface area contributed by atoms with Crippen molar-refractivity contribution in [2.24, 2.45) is 0 Å². The fourth-order valence-electron chi connectivity index (χ4n) is 0.930. The molecule has 0 N–H and O–H groups in total. The van der Waals surface area contributed by atoms with Crippen molar-refractivity contribution in [3.8, 4) is 11.8 Å². The number of rotatable bonds is 1. The molecule has 0 saturated carbocycles. The monoisotopic (exact) mass is 165 g/mol. The van der Waals surface area contributed by atoms with E-state index in [2.05, 4.69) is 0 Å². The summed E-state index contributed by atoms with van der Waals surface area (Å²) >= 11 is 0. The van der Waals surface area contributed by atoms with Crippen LogP contribution in [0.2, 0.25) is 0 Å². The van der Waals surface area contributed by atoms with Crippen molar-refractivity contribution < 1.29 is 9.13 Å². The molecule has 0 bridgehead atoms. The predicted molar refractivity (Wildman–Crippen MR) is 42.4 cm³/mol. The Kier molecular flexibility index (Phi) is 2.29. The summed E-state index contributed by atoms with van der Waals surface area (Å²) in [5.74, 6) is -0.00236. The summed E-state index contributed by atoms with van der Waals surface area (Å²) in [6.07, 6.45) is 0. The summed E-state index contributed by atoms with van der Waals surface area (Å²) in [6.45, 7) is 1.61. The largest absolute Gasteiger partial charge is 0.496 e. The van der Waals surface area contributed by atoms with Gasteiger partial charge >= 0.3 is 0 Å². The normalized spacial score (nSPS) is 9.17. The summed E-state index contributed by atoms with van der Waals surface area (Å²) in [5.41, 5.74) is 0.700. The van der Waals surface area contributed by atoms with Crippen LogP contribution in [0, 0.1) is 24.1 Å². The van der Waals surface area contributed by atoms with E-state index in [0.29, 0.717) is 11.3 Å². The second-order valence-corrected chi connectivity index (χ2v) is 2.40. The van der Waals surface area contributed by atoms with Gasteiger partial charge in [0.1, 0.15) is 11.6 Å². The lowest BCUT2D eigenvalue weighted by Crippen LogP contribution is -1.92. The molecule has 3 heteroatoms. The van der Waals surface area contributed by atoms with Crippen LogP contribution in [-0.4, -0.2) is 7.11 Å². The first-order valence-electron chi connectivity index (χ1n) is 3.43. The Balaban J connectivity index is 3.31. The zero-order valence-corrected chi connectivity index (χ0v) is 6.89. The van der Waals surface area contributed by atoms with Gasteiger partial charge in [0.05, 0.1) is 18.7 Å². The lowest BCUT2D eigenvalue weighted by Gasteiger charge is -2.04. The van der Waals surface area contributed by atoms with E-state index in [1.807, 2.05) is 6.07 Å². The molecule has 0 saturated heterocycles. The highest BCUT2D eigenvalue weighted by Crippen LogP contribution is 2.21. The van der Waals surface area contributed by atoms with Gasteiger partial charge in [-0.1, -0.05) is 0 Å². The number of hydrogen-bond donors (Lipinski definition) is 0. The fraction of sp³-hybridized carbons (Fsp3) is 0.222. The summed E-state index contributed by atoms with van der Waals surface area (Å²) < 4.78 is 17.9. The van der Waals surface area contributed by atoms with Crippen LogP contribution in [0.4, 0.5) is 4.39 Å². The van der Waals surface area contributed by atoms with Gasteiger partial charge in [0.2, 0.25) is 0 Å². The van der Waals surface area contributed by atoms with E-state index in [0.717, 1.165) is 0 Å². The Morgan fingerprint density at radius 1 is 1.50 bits per heavy atom. The van der Waals surface area contributed by atoms with Gasteiger partial charge in [0.25, 0.3) is 0 Å². The average molecular weight is 165 g/mol. The molecule has 0 atom stereocenters. The number of hydrogen-bond acceptors (Lipinski definition) is 2. The van der Waals surface area contributed by atoms with Crippen LogP contribution in [0.15, 0.2) is 12.1 Å². The highest BCUT2D eigenvalue weighted by molar-refractivity contribution is 5.42. The highest BCUT2D eigenvalue weighted by Gasteiger charge is 2.06. The van der Waals surface area contributed by atoms with Gasteiger partial charge in [0.15, 0.2) is 0 Å². The standard InChI is InChI=1S/C9H8FNO/c1-6-8(10)3-7(5-11)4-9(6)12-2/h3-4H,1-2H3. The summed E-state index contributed by atoms with van der Waals surface area (Å²) in [6, 6.07) is 4.55. The SMILES string of the molecule is COc1cc(C#N)cc(F)c1C. The first kappa shape index (κ1) is 8.54. The highest BCUT2D eigenvalue weighted by atomic mass is 19.1. The minimum Gasteiger partial charge on any atom is -0.496 e. The first-order chi connectivity index (χ1) is 5.69. The number of halogens is 1. The third-order valence-corrected chi connectivity index (χ3v) is 1.65. The first-order valence-corrected chi connectivity index (χ1v) is 3.43. The molecule has 0 unspecified atom stereocenters. The predicted octanol–water partition coefficient (Wildman–Crippen LogP) is 2.01. The molecule has 1 aromatic carbocycles. The lowest BCUT2D eigenvalue weighted by molar-refractivity contribution is 0.407. The van der Waals surface area contributed by atoms with Crippen LogP contribution in [0.5, 0.6) is 5.75 Å². The molecule has 0 heterocycles. The second kappa shape index (κ2) is 3.22. The van der Waals surface area contributed by atoms with Gasteiger partial charge in [-0.15, -0.1) is 0 Å². The zero-order valence-electron chi connectivity index (χ0n) is 6.89. The number of nitrogens with zero attached hydrogens (tertiary/aromatic N) is 1. The molecule has 0 spiro atoms. The Morgan fingerprint density at radius 2 is 2.17 bits per heavy atom. The van der Waals surface area contributed by atoms with Gasteiger partial charge in [0, 0.05) is 5.56 Å². The third kappa shape index (κ3) is 1.37. The van der Waals surface area contributed by atoms with Crippen molar-refractivity contribution in [1.82, 2.24) is 0 Å². The van der Waals surface area contributed by atoms with Crippen LogP contribution >= 0.6 is 0 Å². The van der Waals surface area contributed by atoms with E-state index in [1.54, 1.807) is 6.92 Å². The van der Waals surface area contributed by atoms with Crippen molar-refractivity contribution in [2.75, 3.05) is 7.11 Å². The Hall–Kier alpha value is -1.56. The number of nitriles is 1. The smallest absolute Gasteiger partial charge is 0.131 e. The molecule has 12 heavy (non-hydrogen) atoms. The second-order valence-electron chi connectivity index (χ2n) is 2.40. The Bertz CT molecular complexity index is 341. The quantitative estimate of drug-likeness (QED) is 0.637. The van der Waals surface area contributed by atoms with Crippen molar-refractivity contribution in [3.05, 3.63) is 29.1 Å². The van der Waals surface area contributed by atoms with Crippen molar-refractivity contribution >= 4 is 0 Å². The number of methoxy groups -OCH3 is 1. The Labute approximate surface area is 70.2 Å². The maximum Gasteiger partial charge on any atom is 0.131 e. The minimum absolute atomic E-state index is 0.273. The minimum atomic E-state index is -0.411. The molecule has 0 aromatic heterocycles. The van der Waals surface area contributed by atoms with Gasteiger partial charge in [-0.05, 0) is 19.1 Å². The van der Waals surface area contributed by atoms with Crippen molar-refractivity contribution in [1.29, 1.82) is 5.26 Å². The van der Waals surface area contributed by atoms with E-state index in [-0.39, 0.29) is 5.56 Å². The molecule has 62 valence electrons. The van der Waals surface area contributed by atoms with Crippen LogP contribution in [-0.2, 0) is 0 Å². The van der Waals surface area contributed by atoms with Crippen LogP contribution in [0.3, 0.4) is 0 Å². The topological polar surface area (TPSA) is 33.0 Å². The van der Waals surface area contributed by atoms with Crippen molar-refractivity contribution in [3.63, 3.8) is 0 Å². The number of ether oxygens (including phenoxy) is 1. The van der Waals surface area contributed by atoms with Crippen molar-refractivity contribution in [2.45, 2.75) is 6.92 Å². The summed E-state index contributed by atoms with van der Waals surface area (Å²) in [7, 11) is 1.45. The van der Waals surface area contributed by atoms with Crippen LogP contribution in [0.1, 0.15) is 11.1 Å². The van der Waals surface area contributed by atoms with E-state index in [4.69, 9.17) is 10.00 Å². The van der Waals surface area contributed by atoms with Crippen LogP contribution in [0.25, 0.3) is 0 Å². The van der Waals surface area contributed by atoms with Gasteiger partial charge in [-0.3, -0.25) is 0 Å². The Morgan fingerprint density at radius 3 is 2.67 bits per heavy atom. The van der Waals surface area contributed by atoms with Gasteiger partial charge in [-0.2, -0.15) is 5.26 Å². The molecular formula is C9H8FNO. The fourth-order valence-corrected chi connectivity index (χ4v) is 0.930. The zero-order chi connectivity index (χ0) is 9.14. The lowest BCUT2D eigenvalue weighted by atomic mass is 10.1. The molecule has 0 radical (unpaired) electrons. The van der Waals surface area contributed by atoms with Gasteiger partial charge in [-0.25, -0.2) is 4.39 Å². The van der Waals surface area contributed by atoms with E-state index in [9.17, 15) is 4.39 Å². The average Bonchev–Trinajstić information content (AvgIpc) is 2.09. The molecule has 0 aliphatic heterocycles. The van der Waals surface area contributed by atoms with Gasteiger partial charge < -0.3 is 4.74 Å². The van der Waals surface area contributed by atoms with Crippen LogP contribution < -0.4 is 4.74 Å². The van der Waals surface area contributed by atoms with E-state index in [1.165, 1.54) is 19.2 Å². The summed E-state index contributed by atoms with van der Waals surface area (Å²) in [5, 5.41) is 8.50. The molecule has 1 aromatic rings. The molecule has 1 rings (SSSR count). The molecule has 0 aliphatic carbocycles.